The van der Waals surface area contributed by atoms with E-state index in [1.165, 1.54) is 19.4 Å². The fraction of sp³-hybridized carbons (Fsp3) is 0.182. The highest BCUT2D eigenvalue weighted by atomic mass is 19.1. The van der Waals surface area contributed by atoms with Gasteiger partial charge in [0.05, 0.1) is 18.9 Å². The molecule has 2 rings (SSSR count). The molecule has 0 aliphatic rings. The average molecular weight is 222 g/mol. The lowest BCUT2D eigenvalue weighted by atomic mass is 10.0. The fourth-order valence-corrected chi connectivity index (χ4v) is 1.65. The Balaban J connectivity index is 2.69. The van der Waals surface area contributed by atoms with Crippen LogP contribution in [-0.4, -0.2) is 12.3 Å². The summed E-state index contributed by atoms with van der Waals surface area (Å²) < 4.78 is 23.6. The van der Waals surface area contributed by atoms with Crippen molar-refractivity contribution >= 4 is 5.88 Å². The molecule has 0 fully saturated rings. The van der Waals surface area contributed by atoms with Crippen molar-refractivity contribution in [1.82, 2.24) is 5.16 Å². The Morgan fingerprint density at radius 2 is 2.19 bits per heavy atom. The van der Waals surface area contributed by atoms with Crippen LogP contribution in [0, 0.1) is 12.7 Å². The first-order valence-electron chi connectivity index (χ1n) is 4.68. The molecule has 5 heteroatoms. The van der Waals surface area contributed by atoms with Gasteiger partial charge >= 0.3 is 0 Å². The van der Waals surface area contributed by atoms with Crippen molar-refractivity contribution in [3.63, 3.8) is 0 Å². The van der Waals surface area contributed by atoms with Crippen LogP contribution in [0.4, 0.5) is 10.3 Å². The van der Waals surface area contributed by atoms with Gasteiger partial charge in [-0.05, 0) is 19.1 Å². The van der Waals surface area contributed by atoms with Crippen LogP contribution in [0.5, 0.6) is 5.75 Å². The maximum Gasteiger partial charge on any atom is 0.230 e. The van der Waals surface area contributed by atoms with Crippen molar-refractivity contribution in [1.29, 1.82) is 0 Å². The number of benzene rings is 1. The molecule has 0 saturated heterocycles. The van der Waals surface area contributed by atoms with Crippen molar-refractivity contribution in [2.75, 3.05) is 12.8 Å². The van der Waals surface area contributed by atoms with Crippen molar-refractivity contribution in [2.45, 2.75) is 6.92 Å². The van der Waals surface area contributed by atoms with Gasteiger partial charge in [-0.1, -0.05) is 5.16 Å². The minimum atomic E-state index is -0.381. The highest BCUT2D eigenvalue weighted by molar-refractivity contribution is 5.76. The Bertz CT molecular complexity index is 523. The van der Waals surface area contributed by atoms with E-state index in [9.17, 15) is 4.39 Å². The number of rotatable bonds is 2. The second kappa shape index (κ2) is 3.84. The Kier molecular flexibility index (Phi) is 2.52. The molecule has 4 nitrogen and oxygen atoms in total. The molecule has 1 aromatic heterocycles. The van der Waals surface area contributed by atoms with E-state index in [-0.39, 0.29) is 11.7 Å². The van der Waals surface area contributed by atoms with Crippen LogP contribution in [0.3, 0.4) is 0 Å². The summed E-state index contributed by atoms with van der Waals surface area (Å²) in [4.78, 5) is 0. The molecule has 2 N–H and O–H groups in total. The van der Waals surface area contributed by atoms with Gasteiger partial charge in [0, 0.05) is 11.1 Å². The summed E-state index contributed by atoms with van der Waals surface area (Å²) in [6, 6.07) is 2.89. The largest absolute Gasteiger partial charge is 0.496 e. The van der Waals surface area contributed by atoms with Gasteiger partial charge in [0.25, 0.3) is 0 Å². The number of halogens is 1. The number of aromatic nitrogens is 1. The quantitative estimate of drug-likeness (QED) is 0.847. The van der Waals surface area contributed by atoms with E-state index in [2.05, 4.69) is 5.16 Å². The van der Waals surface area contributed by atoms with Crippen LogP contribution in [0.2, 0.25) is 0 Å². The molecule has 0 amide bonds. The van der Waals surface area contributed by atoms with Crippen LogP contribution in [0.25, 0.3) is 11.1 Å². The molecule has 0 unspecified atom stereocenters. The van der Waals surface area contributed by atoms with Gasteiger partial charge in [-0.2, -0.15) is 0 Å². The Hall–Kier alpha value is -2.04. The lowest BCUT2D eigenvalue weighted by Gasteiger charge is -2.10. The van der Waals surface area contributed by atoms with Gasteiger partial charge in [0.1, 0.15) is 11.6 Å². The third-order valence-corrected chi connectivity index (χ3v) is 2.45. The summed E-state index contributed by atoms with van der Waals surface area (Å²) in [7, 11) is 1.53. The second-order valence-electron chi connectivity index (χ2n) is 3.35. The van der Waals surface area contributed by atoms with Crippen molar-refractivity contribution in [3.8, 4) is 16.9 Å². The van der Waals surface area contributed by atoms with Gasteiger partial charge in [-0.25, -0.2) is 4.39 Å². The first-order valence-corrected chi connectivity index (χ1v) is 4.68. The predicted molar refractivity (Wildman–Crippen MR) is 57.6 cm³/mol. The summed E-state index contributed by atoms with van der Waals surface area (Å²) in [5, 5.41) is 3.53. The van der Waals surface area contributed by atoms with Crippen molar-refractivity contribution in [3.05, 3.63) is 29.7 Å². The zero-order valence-electron chi connectivity index (χ0n) is 8.95. The molecule has 0 spiro atoms. The topological polar surface area (TPSA) is 61.3 Å². The maximum atomic E-state index is 13.7. The number of nitrogen functional groups attached to an aromatic ring is 1. The minimum absolute atomic E-state index is 0.0928. The minimum Gasteiger partial charge on any atom is -0.496 e. The van der Waals surface area contributed by atoms with E-state index < -0.39 is 0 Å². The maximum absolute atomic E-state index is 13.7. The van der Waals surface area contributed by atoms with Gasteiger partial charge in [-0.3, -0.25) is 0 Å². The van der Waals surface area contributed by atoms with E-state index >= 15 is 0 Å². The van der Waals surface area contributed by atoms with Crippen molar-refractivity contribution in [2.24, 2.45) is 0 Å². The number of ether oxygens (including phenoxy) is 1. The van der Waals surface area contributed by atoms with E-state index in [1.807, 2.05) is 0 Å². The Morgan fingerprint density at radius 3 is 2.75 bits per heavy atom. The molecule has 1 heterocycles. The Labute approximate surface area is 91.8 Å². The fourth-order valence-electron chi connectivity index (χ4n) is 1.65. The van der Waals surface area contributed by atoms with E-state index in [1.54, 1.807) is 13.0 Å². The molecule has 1 aromatic carbocycles. The van der Waals surface area contributed by atoms with Crippen LogP contribution < -0.4 is 10.5 Å². The SMILES string of the molecule is COc1ccc(F)c(-c2cnoc2N)c1C. The van der Waals surface area contributed by atoms with Gasteiger partial charge < -0.3 is 15.0 Å². The highest BCUT2D eigenvalue weighted by Crippen LogP contribution is 2.35. The van der Waals surface area contributed by atoms with Crippen LogP contribution in [-0.2, 0) is 0 Å². The van der Waals surface area contributed by atoms with E-state index in [0.717, 1.165) is 0 Å². The normalized spacial score (nSPS) is 10.4. The first kappa shape index (κ1) is 10.5. The number of nitrogens with two attached hydrogens (primary N) is 1. The number of nitrogens with zero attached hydrogens (tertiary/aromatic N) is 1. The molecule has 0 bridgehead atoms. The summed E-state index contributed by atoms with van der Waals surface area (Å²) in [5.74, 6) is 0.306. The number of hydrogen-bond donors (Lipinski definition) is 1. The van der Waals surface area contributed by atoms with Gasteiger partial charge in [0.15, 0.2) is 0 Å². The summed E-state index contributed by atoms with van der Waals surface area (Å²) in [6.07, 6.45) is 1.39. The second-order valence-corrected chi connectivity index (χ2v) is 3.35. The van der Waals surface area contributed by atoms with Crippen LogP contribution in [0.1, 0.15) is 5.56 Å². The van der Waals surface area contributed by atoms with Gasteiger partial charge in [-0.15, -0.1) is 0 Å². The molecule has 0 aliphatic heterocycles. The average Bonchev–Trinajstić information content (AvgIpc) is 2.66. The molecule has 0 saturated carbocycles. The number of anilines is 1. The molecule has 0 aliphatic carbocycles. The molecular formula is C11H11FN2O2. The molecule has 16 heavy (non-hydrogen) atoms. The van der Waals surface area contributed by atoms with Crippen molar-refractivity contribution < 1.29 is 13.7 Å². The number of methoxy groups -OCH3 is 1. The third-order valence-electron chi connectivity index (χ3n) is 2.45. The lowest BCUT2D eigenvalue weighted by Crippen LogP contribution is -1.95. The third kappa shape index (κ3) is 1.50. The van der Waals surface area contributed by atoms with E-state index in [0.29, 0.717) is 22.4 Å². The molecule has 2 aromatic rings. The molecule has 0 atom stereocenters. The number of hydrogen-bond acceptors (Lipinski definition) is 4. The molecule has 0 radical (unpaired) electrons. The van der Waals surface area contributed by atoms with Gasteiger partial charge in [0.2, 0.25) is 5.88 Å². The predicted octanol–water partition coefficient (Wildman–Crippen LogP) is 2.38. The monoisotopic (exact) mass is 222 g/mol. The molecule has 84 valence electrons. The van der Waals surface area contributed by atoms with Crippen LogP contribution in [0.15, 0.2) is 22.9 Å². The summed E-state index contributed by atoms with van der Waals surface area (Å²) in [6.45, 7) is 1.75. The lowest BCUT2D eigenvalue weighted by molar-refractivity contribution is 0.411. The zero-order chi connectivity index (χ0) is 11.7. The Morgan fingerprint density at radius 1 is 1.44 bits per heavy atom. The smallest absolute Gasteiger partial charge is 0.230 e. The summed E-state index contributed by atoms with van der Waals surface area (Å²) in [5.41, 5.74) is 7.03. The standard InChI is InChI=1S/C11H11FN2O2/c1-6-9(15-2)4-3-8(12)10(6)7-5-14-16-11(7)13/h3-5H,13H2,1-2H3. The zero-order valence-corrected chi connectivity index (χ0v) is 8.95. The first-order chi connectivity index (χ1) is 7.65. The highest BCUT2D eigenvalue weighted by Gasteiger charge is 2.17. The molecular weight excluding hydrogens is 211 g/mol. The summed E-state index contributed by atoms with van der Waals surface area (Å²) >= 11 is 0. The van der Waals surface area contributed by atoms with Crippen LogP contribution >= 0.6 is 0 Å². The van der Waals surface area contributed by atoms with E-state index in [4.69, 9.17) is 15.0 Å².